The van der Waals surface area contributed by atoms with E-state index in [9.17, 15) is 9.18 Å². The van der Waals surface area contributed by atoms with E-state index in [4.69, 9.17) is 27.9 Å². The summed E-state index contributed by atoms with van der Waals surface area (Å²) in [6.07, 6.45) is 0. The lowest BCUT2D eigenvalue weighted by atomic mass is 10.0. The number of ether oxygens (including phenoxy) is 1. The average Bonchev–Trinajstić information content (AvgIpc) is 2.38. The Kier molecular flexibility index (Phi) is 4.63. The van der Waals surface area contributed by atoms with E-state index in [1.54, 1.807) is 31.2 Å². The van der Waals surface area contributed by atoms with Gasteiger partial charge in [-0.25, -0.2) is 9.18 Å². The number of esters is 1. The van der Waals surface area contributed by atoms with Crippen LogP contribution in [-0.2, 0) is 4.74 Å². The molecule has 2 rings (SSSR count). The van der Waals surface area contributed by atoms with Crippen LogP contribution in [0.5, 0.6) is 0 Å². The lowest BCUT2D eigenvalue weighted by molar-refractivity contribution is 0.0521. The van der Waals surface area contributed by atoms with Crippen molar-refractivity contribution in [1.82, 2.24) is 0 Å². The Morgan fingerprint density at radius 2 is 1.95 bits per heavy atom. The van der Waals surface area contributed by atoms with Gasteiger partial charge in [-0.05, 0) is 36.8 Å². The largest absolute Gasteiger partial charge is 0.462 e. The molecule has 0 atom stereocenters. The maximum absolute atomic E-state index is 14.0. The molecule has 0 saturated carbocycles. The third kappa shape index (κ3) is 3.11. The normalized spacial score (nSPS) is 10.4. The van der Waals surface area contributed by atoms with E-state index in [1.807, 2.05) is 0 Å². The summed E-state index contributed by atoms with van der Waals surface area (Å²) in [5.41, 5.74) is 1.11. The molecule has 0 aromatic heterocycles. The fourth-order valence-corrected chi connectivity index (χ4v) is 2.30. The third-order valence-electron chi connectivity index (χ3n) is 2.71. The first kappa shape index (κ1) is 14.8. The maximum Gasteiger partial charge on any atom is 0.341 e. The van der Waals surface area contributed by atoms with E-state index >= 15 is 0 Å². The number of carbonyl (C=O) groups is 1. The minimum Gasteiger partial charge on any atom is -0.462 e. The Morgan fingerprint density at radius 1 is 1.20 bits per heavy atom. The molecule has 104 valence electrons. The fourth-order valence-electron chi connectivity index (χ4n) is 1.78. The summed E-state index contributed by atoms with van der Waals surface area (Å²) >= 11 is 11.9. The van der Waals surface area contributed by atoms with Crippen LogP contribution >= 0.6 is 23.2 Å². The first-order chi connectivity index (χ1) is 9.52. The molecule has 20 heavy (non-hydrogen) atoms. The quantitative estimate of drug-likeness (QED) is 0.747. The molecule has 0 amide bonds. The second-order valence-corrected chi connectivity index (χ2v) is 4.88. The van der Waals surface area contributed by atoms with Crippen LogP contribution in [-0.4, -0.2) is 12.6 Å². The van der Waals surface area contributed by atoms with Gasteiger partial charge in [-0.1, -0.05) is 35.3 Å². The maximum atomic E-state index is 14.0. The molecule has 0 heterocycles. The van der Waals surface area contributed by atoms with Gasteiger partial charge in [-0.15, -0.1) is 0 Å². The number of hydrogen-bond acceptors (Lipinski definition) is 2. The molecule has 2 aromatic carbocycles. The molecule has 0 bridgehead atoms. The third-order valence-corrected chi connectivity index (χ3v) is 3.25. The summed E-state index contributed by atoms with van der Waals surface area (Å²) in [6, 6.07) is 9.19. The smallest absolute Gasteiger partial charge is 0.341 e. The van der Waals surface area contributed by atoms with Gasteiger partial charge in [0.05, 0.1) is 12.2 Å². The van der Waals surface area contributed by atoms with Crippen molar-refractivity contribution in [1.29, 1.82) is 0 Å². The van der Waals surface area contributed by atoms with E-state index in [2.05, 4.69) is 0 Å². The highest BCUT2D eigenvalue weighted by atomic mass is 35.5. The first-order valence-electron chi connectivity index (χ1n) is 5.95. The highest BCUT2D eigenvalue weighted by molar-refractivity contribution is 6.36. The Balaban J connectivity index is 2.40. The van der Waals surface area contributed by atoms with E-state index in [0.717, 1.165) is 0 Å². The van der Waals surface area contributed by atoms with Crippen molar-refractivity contribution in [2.24, 2.45) is 0 Å². The molecule has 0 N–H and O–H groups in total. The van der Waals surface area contributed by atoms with Crippen LogP contribution in [0.1, 0.15) is 17.3 Å². The number of carbonyl (C=O) groups excluding carboxylic acids is 1. The molecule has 2 nitrogen and oxygen atoms in total. The summed E-state index contributed by atoms with van der Waals surface area (Å²) in [6.45, 7) is 1.86. The second kappa shape index (κ2) is 6.25. The fraction of sp³-hybridized carbons (Fsp3) is 0.133. The number of benzene rings is 2. The number of halogens is 3. The van der Waals surface area contributed by atoms with Crippen LogP contribution in [0.25, 0.3) is 11.1 Å². The lowest BCUT2D eigenvalue weighted by Crippen LogP contribution is -2.07. The molecule has 0 aliphatic carbocycles. The summed E-state index contributed by atoms with van der Waals surface area (Å²) < 4.78 is 18.7. The average molecular weight is 313 g/mol. The monoisotopic (exact) mass is 312 g/mol. The summed E-state index contributed by atoms with van der Waals surface area (Å²) in [7, 11) is 0. The van der Waals surface area contributed by atoms with Gasteiger partial charge >= 0.3 is 5.97 Å². The zero-order valence-corrected chi connectivity index (χ0v) is 12.1. The standard InChI is InChI=1S/C15H11Cl2FO2/c1-2-20-15(19)12-5-3-9(7-14(12)18)11-6-4-10(16)8-13(11)17/h3-8H,2H2,1H3. The Hall–Kier alpha value is -1.58. The minimum atomic E-state index is -0.682. The second-order valence-electron chi connectivity index (χ2n) is 4.04. The molecule has 0 fully saturated rings. The summed E-state index contributed by atoms with van der Waals surface area (Å²) in [5, 5.41) is 0.920. The molecule has 0 spiro atoms. The topological polar surface area (TPSA) is 26.3 Å². The Morgan fingerprint density at radius 3 is 2.55 bits per heavy atom. The van der Waals surface area contributed by atoms with Gasteiger partial charge in [0.15, 0.2) is 0 Å². The van der Waals surface area contributed by atoms with Gasteiger partial charge in [0.2, 0.25) is 0 Å². The van der Waals surface area contributed by atoms with Crippen LogP contribution in [0, 0.1) is 5.82 Å². The van der Waals surface area contributed by atoms with Crippen LogP contribution in [0.3, 0.4) is 0 Å². The van der Waals surface area contributed by atoms with Crippen LogP contribution in [0.2, 0.25) is 10.0 Å². The summed E-state index contributed by atoms with van der Waals surface area (Å²) in [4.78, 5) is 11.5. The van der Waals surface area contributed by atoms with E-state index in [0.29, 0.717) is 21.2 Å². The molecule has 5 heteroatoms. The van der Waals surface area contributed by atoms with E-state index < -0.39 is 11.8 Å². The zero-order valence-electron chi connectivity index (χ0n) is 10.6. The highest BCUT2D eigenvalue weighted by Gasteiger charge is 2.14. The van der Waals surface area contributed by atoms with Crippen molar-refractivity contribution in [3.63, 3.8) is 0 Å². The SMILES string of the molecule is CCOC(=O)c1ccc(-c2ccc(Cl)cc2Cl)cc1F. The van der Waals surface area contributed by atoms with Gasteiger partial charge < -0.3 is 4.74 Å². The molecule has 0 aliphatic heterocycles. The Labute approximate surface area is 126 Å². The van der Waals surface area contributed by atoms with Crippen molar-refractivity contribution in [3.8, 4) is 11.1 Å². The van der Waals surface area contributed by atoms with Gasteiger partial charge in [-0.2, -0.15) is 0 Å². The lowest BCUT2D eigenvalue weighted by Gasteiger charge is -2.08. The van der Waals surface area contributed by atoms with Crippen molar-refractivity contribution in [2.45, 2.75) is 6.92 Å². The van der Waals surface area contributed by atoms with E-state index in [-0.39, 0.29) is 12.2 Å². The van der Waals surface area contributed by atoms with Crippen molar-refractivity contribution >= 4 is 29.2 Å². The molecule has 0 aliphatic rings. The van der Waals surface area contributed by atoms with Gasteiger partial charge in [0.25, 0.3) is 0 Å². The van der Waals surface area contributed by atoms with Gasteiger partial charge in [0, 0.05) is 15.6 Å². The predicted octanol–water partition coefficient (Wildman–Crippen LogP) is 4.98. The van der Waals surface area contributed by atoms with Crippen molar-refractivity contribution in [3.05, 3.63) is 57.8 Å². The van der Waals surface area contributed by atoms with Crippen molar-refractivity contribution < 1.29 is 13.9 Å². The van der Waals surface area contributed by atoms with E-state index in [1.165, 1.54) is 12.1 Å². The van der Waals surface area contributed by atoms with Crippen molar-refractivity contribution in [2.75, 3.05) is 6.61 Å². The molecule has 0 unspecified atom stereocenters. The zero-order chi connectivity index (χ0) is 14.7. The van der Waals surface area contributed by atoms with Gasteiger partial charge in [-0.3, -0.25) is 0 Å². The van der Waals surface area contributed by atoms with Crippen LogP contribution in [0.4, 0.5) is 4.39 Å². The molecule has 2 aromatic rings. The molecular weight excluding hydrogens is 302 g/mol. The highest BCUT2D eigenvalue weighted by Crippen LogP contribution is 2.31. The predicted molar refractivity (Wildman–Crippen MR) is 77.8 cm³/mol. The molecular formula is C15H11Cl2FO2. The molecule has 0 radical (unpaired) electrons. The summed E-state index contributed by atoms with van der Waals surface area (Å²) in [5.74, 6) is -1.33. The minimum absolute atomic E-state index is 0.0966. The molecule has 0 saturated heterocycles. The van der Waals surface area contributed by atoms with Crippen LogP contribution in [0.15, 0.2) is 36.4 Å². The van der Waals surface area contributed by atoms with Gasteiger partial charge in [0.1, 0.15) is 5.82 Å². The number of hydrogen-bond donors (Lipinski definition) is 0. The first-order valence-corrected chi connectivity index (χ1v) is 6.70. The number of rotatable bonds is 3. The van der Waals surface area contributed by atoms with Crippen LogP contribution < -0.4 is 0 Å². The Bertz CT molecular complexity index is 656.